The standard InChI is InChI=1S/C22H22ClO3P/c1-25-21(24)22(26-2)27(23,18-12-6-3-7-13-18,19-14-8-4-9-15-19)20-16-10-5-11-17-20/h3-17,22H,1-2H3. The summed E-state index contributed by atoms with van der Waals surface area (Å²) in [6.45, 7) is 0. The van der Waals surface area contributed by atoms with Gasteiger partial charge in [-0.05, 0) is 0 Å². The molecule has 0 aliphatic heterocycles. The van der Waals surface area contributed by atoms with Crippen LogP contribution in [0.1, 0.15) is 0 Å². The van der Waals surface area contributed by atoms with Gasteiger partial charge in [0.1, 0.15) is 0 Å². The molecule has 0 radical (unpaired) electrons. The Morgan fingerprint density at radius 3 is 1.33 bits per heavy atom. The number of carbonyl (C=O) groups excluding carboxylic acids is 1. The molecule has 3 aromatic rings. The summed E-state index contributed by atoms with van der Waals surface area (Å²) >= 11 is 7.82. The Balaban J connectivity index is 2.52. The van der Waals surface area contributed by atoms with Crippen molar-refractivity contribution < 1.29 is 14.3 Å². The molecule has 5 heteroatoms. The minimum absolute atomic E-state index is 0.498. The zero-order valence-electron chi connectivity index (χ0n) is 15.3. The van der Waals surface area contributed by atoms with Crippen molar-refractivity contribution in [1.29, 1.82) is 0 Å². The van der Waals surface area contributed by atoms with E-state index < -0.39 is 17.8 Å². The molecule has 0 bridgehead atoms. The summed E-state index contributed by atoms with van der Waals surface area (Å²) in [6.07, 6.45) is 0. The van der Waals surface area contributed by atoms with Crippen LogP contribution in [0.2, 0.25) is 0 Å². The SMILES string of the molecule is COC(=O)C(OC)P(Cl)(c1ccccc1)(c1ccccc1)c1ccccc1. The van der Waals surface area contributed by atoms with Gasteiger partial charge in [-0.3, -0.25) is 0 Å². The maximum absolute atomic E-state index is 12.9. The number of carbonyl (C=O) groups is 1. The van der Waals surface area contributed by atoms with Gasteiger partial charge in [0.15, 0.2) is 0 Å². The fourth-order valence-corrected chi connectivity index (χ4v) is 9.97. The van der Waals surface area contributed by atoms with E-state index in [1.165, 1.54) is 14.2 Å². The Kier molecular flexibility index (Phi) is 5.67. The van der Waals surface area contributed by atoms with Gasteiger partial charge in [-0.25, -0.2) is 0 Å². The van der Waals surface area contributed by atoms with Crippen molar-refractivity contribution in [2.24, 2.45) is 0 Å². The third kappa shape index (κ3) is 2.96. The van der Waals surface area contributed by atoms with E-state index in [9.17, 15) is 4.79 Å². The van der Waals surface area contributed by atoms with E-state index in [1.807, 2.05) is 91.0 Å². The summed E-state index contributed by atoms with van der Waals surface area (Å²) in [5.74, 6) is -5.37. The zero-order valence-corrected chi connectivity index (χ0v) is 16.9. The predicted molar refractivity (Wildman–Crippen MR) is 114 cm³/mol. The molecule has 0 aliphatic rings. The normalized spacial score (nSPS) is 14.0. The molecule has 140 valence electrons. The van der Waals surface area contributed by atoms with Gasteiger partial charge in [0.05, 0.1) is 0 Å². The molecule has 0 saturated heterocycles. The van der Waals surface area contributed by atoms with Crippen molar-refractivity contribution in [2.45, 2.75) is 5.85 Å². The molecular formula is C22H22ClO3P. The molecule has 0 saturated carbocycles. The van der Waals surface area contributed by atoms with E-state index in [-0.39, 0.29) is 0 Å². The van der Waals surface area contributed by atoms with Crippen LogP contribution in [0.3, 0.4) is 0 Å². The van der Waals surface area contributed by atoms with Crippen molar-refractivity contribution in [2.75, 3.05) is 14.2 Å². The Bertz CT molecular complexity index is 801. The third-order valence-electron chi connectivity index (χ3n) is 4.85. The van der Waals surface area contributed by atoms with Gasteiger partial charge in [0, 0.05) is 0 Å². The number of rotatable bonds is 6. The Morgan fingerprint density at radius 1 is 0.741 bits per heavy atom. The quantitative estimate of drug-likeness (QED) is 0.466. The van der Waals surface area contributed by atoms with Gasteiger partial charge in [-0.1, -0.05) is 0 Å². The maximum atomic E-state index is 12.9. The first-order valence-corrected chi connectivity index (χ1v) is 11.8. The molecule has 0 spiro atoms. The average molecular weight is 401 g/mol. The molecule has 0 amide bonds. The molecule has 0 aliphatic carbocycles. The van der Waals surface area contributed by atoms with E-state index in [0.717, 1.165) is 15.9 Å². The van der Waals surface area contributed by atoms with Crippen LogP contribution < -0.4 is 15.9 Å². The molecule has 0 heterocycles. The first-order chi connectivity index (χ1) is 13.1. The van der Waals surface area contributed by atoms with Crippen LogP contribution >= 0.6 is 17.2 Å². The molecule has 0 N–H and O–H groups in total. The molecular weight excluding hydrogens is 379 g/mol. The number of ether oxygens (including phenoxy) is 2. The fraction of sp³-hybridized carbons (Fsp3) is 0.136. The van der Waals surface area contributed by atoms with Crippen molar-refractivity contribution in [3.05, 3.63) is 91.0 Å². The van der Waals surface area contributed by atoms with Gasteiger partial charge in [-0.2, -0.15) is 0 Å². The third-order valence-corrected chi connectivity index (χ3v) is 12.4. The second kappa shape index (κ2) is 7.82. The van der Waals surface area contributed by atoms with Crippen molar-refractivity contribution in [1.82, 2.24) is 0 Å². The summed E-state index contributed by atoms with van der Waals surface area (Å²) in [7, 11) is 2.85. The van der Waals surface area contributed by atoms with E-state index in [0.29, 0.717) is 0 Å². The van der Waals surface area contributed by atoms with Crippen LogP contribution in [0.4, 0.5) is 0 Å². The summed E-state index contributed by atoms with van der Waals surface area (Å²) < 4.78 is 10.9. The molecule has 3 rings (SSSR count). The number of hydrogen-bond acceptors (Lipinski definition) is 3. The Morgan fingerprint density at radius 2 is 1.07 bits per heavy atom. The van der Waals surface area contributed by atoms with E-state index in [1.54, 1.807) is 0 Å². The summed E-state index contributed by atoms with van der Waals surface area (Å²) in [5.41, 5.74) is 0. The second-order valence-corrected chi connectivity index (χ2v) is 12.5. The first kappa shape index (κ1) is 19.6. The number of methoxy groups -OCH3 is 2. The van der Waals surface area contributed by atoms with E-state index in [4.69, 9.17) is 20.7 Å². The van der Waals surface area contributed by atoms with E-state index >= 15 is 0 Å². The van der Waals surface area contributed by atoms with Gasteiger partial charge < -0.3 is 0 Å². The molecule has 27 heavy (non-hydrogen) atoms. The molecule has 1 atom stereocenters. The number of halogens is 1. The van der Waals surface area contributed by atoms with Crippen LogP contribution in [-0.2, 0) is 14.3 Å². The summed E-state index contributed by atoms with van der Waals surface area (Å²) in [5, 5.41) is 2.54. The van der Waals surface area contributed by atoms with Crippen LogP contribution in [0.15, 0.2) is 91.0 Å². The number of hydrogen-bond donors (Lipinski definition) is 0. The monoisotopic (exact) mass is 400 g/mol. The van der Waals surface area contributed by atoms with Crippen molar-refractivity contribution in [3.63, 3.8) is 0 Å². The molecule has 0 fully saturated rings. The summed E-state index contributed by atoms with van der Waals surface area (Å²) in [6, 6.07) is 29.1. The Hall–Kier alpha value is -2.19. The van der Waals surface area contributed by atoms with Crippen molar-refractivity contribution >= 4 is 39.1 Å². The first-order valence-electron chi connectivity index (χ1n) is 8.58. The molecule has 3 aromatic carbocycles. The zero-order chi connectivity index (χ0) is 19.4. The topological polar surface area (TPSA) is 35.5 Å². The van der Waals surface area contributed by atoms with Gasteiger partial charge in [0.25, 0.3) is 0 Å². The average Bonchev–Trinajstić information content (AvgIpc) is 2.75. The van der Waals surface area contributed by atoms with E-state index in [2.05, 4.69) is 0 Å². The molecule has 1 unspecified atom stereocenters. The predicted octanol–water partition coefficient (Wildman–Crippen LogP) is 3.82. The van der Waals surface area contributed by atoms with Crippen LogP contribution in [0, 0.1) is 0 Å². The fourth-order valence-electron chi connectivity index (χ4n) is 3.60. The van der Waals surface area contributed by atoms with Gasteiger partial charge in [-0.15, -0.1) is 0 Å². The van der Waals surface area contributed by atoms with Gasteiger partial charge >= 0.3 is 164 Å². The number of esters is 1. The summed E-state index contributed by atoms with van der Waals surface area (Å²) in [4.78, 5) is 12.9. The minimum atomic E-state index is -3.88. The van der Waals surface area contributed by atoms with Crippen molar-refractivity contribution in [3.8, 4) is 0 Å². The van der Waals surface area contributed by atoms with Crippen LogP contribution in [0.25, 0.3) is 0 Å². The molecule has 3 nitrogen and oxygen atoms in total. The van der Waals surface area contributed by atoms with Gasteiger partial charge in [0.2, 0.25) is 0 Å². The second-order valence-electron chi connectivity index (χ2n) is 6.19. The molecule has 0 aromatic heterocycles. The van der Waals surface area contributed by atoms with Crippen LogP contribution in [-0.4, -0.2) is 26.0 Å². The Labute approximate surface area is 164 Å². The number of benzene rings is 3. The van der Waals surface area contributed by atoms with Crippen LogP contribution in [0.5, 0.6) is 0 Å².